The van der Waals surface area contributed by atoms with Crippen LogP contribution in [0.4, 0.5) is 5.82 Å². The van der Waals surface area contributed by atoms with Gasteiger partial charge in [0.05, 0.1) is 0 Å². The first-order valence-corrected chi connectivity index (χ1v) is 6.42. The lowest BCUT2D eigenvalue weighted by Crippen LogP contribution is -2.07. The summed E-state index contributed by atoms with van der Waals surface area (Å²) in [6, 6.07) is 11.7. The third kappa shape index (κ3) is 3.68. The van der Waals surface area contributed by atoms with Crippen LogP contribution in [0.3, 0.4) is 0 Å². The maximum Gasteiger partial charge on any atom is 0.168 e. The average Bonchev–Trinajstić information content (AvgIpc) is 2.45. The van der Waals surface area contributed by atoms with Crippen molar-refractivity contribution in [1.82, 2.24) is 9.97 Å². The van der Waals surface area contributed by atoms with Crippen molar-refractivity contribution in [2.75, 3.05) is 12.4 Å². The van der Waals surface area contributed by atoms with Gasteiger partial charge >= 0.3 is 0 Å². The fourth-order valence-electron chi connectivity index (χ4n) is 1.67. The maximum atomic E-state index is 5.67. The van der Waals surface area contributed by atoms with E-state index < -0.39 is 0 Å². The number of nitrogens with one attached hydrogen (secondary N) is 1. The van der Waals surface area contributed by atoms with Crippen molar-refractivity contribution in [3.05, 3.63) is 47.9 Å². The van der Waals surface area contributed by atoms with E-state index in [0.717, 1.165) is 17.3 Å². The molecule has 19 heavy (non-hydrogen) atoms. The van der Waals surface area contributed by atoms with E-state index in [2.05, 4.69) is 29.1 Å². The minimum Gasteiger partial charge on any atom is -0.486 e. The molecule has 0 radical (unpaired) electrons. The van der Waals surface area contributed by atoms with Crippen LogP contribution < -0.4 is 10.1 Å². The van der Waals surface area contributed by atoms with Crippen LogP contribution in [0.1, 0.15) is 31.3 Å². The second kappa shape index (κ2) is 6.18. The number of aromatic nitrogens is 2. The normalized spacial score (nSPS) is 10.5. The van der Waals surface area contributed by atoms with Gasteiger partial charge in [-0.3, -0.25) is 0 Å². The van der Waals surface area contributed by atoms with Gasteiger partial charge in [-0.25, -0.2) is 9.97 Å². The average molecular weight is 257 g/mol. The standard InChI is InChI=1S/C15H19N3O/c1-11(2)13-9-14(16-3)18-15(17-13)10-19-12-7-5-4-6-8-12/h4-9,11H,10H2,1-3H3,(H,16,17,18). The highest BCUT2D eigenvalue weighted by atomic mass is 16.5. The van der Waals surface area contributed by atoms with Crippen LogP contribution in [-0.4, -0.2) is 17.0 Å². The summed E-state index contributed by atoms with van der Waals surface area (Å²) in [6.07, 6.45) is 0. The molecule has 0 aliphatic carbocycles. The summed E-state index contributed by atoms with van der Waals surface area (Å²) in [7, 11) is 1.86. The topological polar surface area (TPSA) is 47.0 Å². The second-order valence-electron chi connectivity index (χ2n) is 4.60. The molecule has 100 valence electrons. The molecule has 0 bridgehead atoms. The van der Waals surface area contributed by atoms with Gasteiger partial charge in [0.1, 0.15) is 18.2 Å². The van der Waals surface area contributed by atoms with E-state index >= 15 is 0 Å². The predicted molar refractivity (Wildman–Crippen MR) is 76.4 cm³/mol. The number of hydrogen-bond acceptors (Lipinski definition) is 4. The third-order valence-electron chi connectivity index (χ3n) is 2.75. The summed E-state index contributed by atoms with van der Waals surface area (Å²) in [5, 5.41) is 3.05. The molecule has 0 atom stereocenters. The lowest BCUT2D eigenvalue weighted by Gasteiger charge is -2.11. The lowest BCUT2D eigenvalue weighted by molar-refractivity contribution is 0.295. The molecule has 1 heterocycles. The Morgan fingerprint density at radius 2 is 1.89 bits per heavy atom. The summed E-state index contributed by atoms with van der Waals surface area (Å²) >= 11 is 0. The second-order valence-corrected chi connectivity index (χ2v) is 4.60. The van der Waals surface area contributed by atoms with Crippen molar-refractivity contribution >= 4 is 5.82 Å². The molecule has 0 saturated carbocycles. The fraction of sp³-hybridized carbons (Fsp3) is 0.333. The van der Waals surface area contributed by atoms with Crippen LogP contribution in [0.2, 0.25) is 0 Å². The molecule has 4 nitrogen and oxygen atoms in total. The van der Waals surface area contributed by atoms with Crippen molar-refractivity contribution in [3.63, 3.8) is 0 Å². The van der Waals surface area contributed by atoms with Crippen LogP contribution in [-0.2, 0) is 6.61 Å². The predicted octanol–water partition coefficient (Wildman–Crippen LogP) is 3.22. The van der Waals surface area contributed by atoms with E-state index in [9.17, 15) is 0 Å². The van der Waals surface area contributed by atoms with Gasteiger partial charge in [0.2, 0.25) is 0 Å². The van der Waals surface area contributed by atoms with Crippen LogP contribution in [0.5, 0.6) is 5.75 Å². The van der Waals surface area contributed by atoms with E-state index in [1.54, 1.807) is 0 Å². The first kappa shape index (κ1) is 13.3. The Bertz CT molecular complexity index is 526. The highest BCUT2D eigenvalue weighted by Gasteiger charge is 2.07. The summed E-state index contributed by atoms with van der Waals surface area (Å²) in [5.41, 5.74) is 1.02. The van der Waals surface area contributed by atoms with Gasteiger partial charge in [-0.2, -0.15) is 0 Å². The van der Waals surface area contributed by atoms with Crippen molar-refractivity contribution in [2.24, 2.45) is 0 Å². The van der Waals surface area contributed by atoms with Crippen LogP contribution in [0, 0.1) is 0 Å². The Labute approximate surface area is 113 Å². The monoisotopic (exact) mass is 257 g/mol. The van der Waals surface area contributed by atoms with Crippen LogP contribution in [0.15, 0.2) is 36.4 Å². The van der Waals surface area contributed by atoms with Gasteiger partial charge in [0.25, 0.3) is 0 Å². The van der Waals surface area contributed by atoms with Crippen molar-refractivity contribution in [3.8, 4) is 5.75 Å². The van der Waals surface area contributed by atoms with E-state index in [4.69, 9.17) is 4.74 Å². The molecule has 0 aliphatic rings. The Morgan fingerprint density at radius 1 is 1.16 bits per heavy atom. The molecule has 4 heteroatoms. The van der Waals surface area contributed by atoms with Crippen molar-refractivity contribution < 1.29 is 4.74 Å². The Hall–Kier alpha value is -2.10. The number of nitrogens with zero attached hydrogens (tertiary/aromatic N) is 2. The maximum absolute atomic E-state index is 5.67. The zero-order valence-electron chi connectivity index (χ0n) is 11.6. The van der Waals surface area contributed by atoms with E-state index in [0.29, 0.717) is 18.3 Å². The molecule has 0 spiro atoms. The summed E-state index contributed by atoms with van der Waals surface area (Å²) in [6.45, 7) is 4.60. The summed E-state index contributed by atoms with van der Waals surface area (Å²) in [4.78, 5) is 8.92. The van der Waals surface area contributed by atoms with Crippen molar-refractivity contribution in [2.45, 2.75) is 26.4 Å². The number of hydrogen-bond donors (Lipinski definition) is 1. The van der Waals surface area contributed by atoms with Gasteiger partial charge in [0, 0.05) is 18.8 Å². The Kier molecular flexibility index (Phi) is 4.34. The molecule has 1 N–H and O–H groups in total. The minimum absolute atomic E-state index is 0.366. The quantitative estimate of drug-likeness (QED) is 0.893. The first-order valence-electron chi connectivity index (χ1n) is 6.42. The molecule has 2 rings (SSSR count). The molecule has 0 aliphatic heterocycles. The third-order valence-corrected chi connectivity index (χ3v) is 2.75. The molecule has 1 aromatic carbocycles. The van der Waals surface area contributed by atoms with Gasteiger partial charge < -0.3 is 10.1 Å². The molecule has 1 aromatic heterocycles. The number of rotatable bonds is 5. The van der Waals surface area contributed by atoms with Crippen molar-refractivity contribution in [1.29, 1.82) is 0 Å². The summed E-state index contributed by atoms with van der Waals surface area (Å²) in [5.74, 6) is 2.71. The molecule has 0 unspecified atom stereocenters. The first-order chi connectivity index (χ1) is 9.19. The van der Waals surface area contributed by atoms with Gasteiger partial charge in [0.15, 0.2) is 5.82 Å². The van der Waals surface area contributed by atoms with E-state index in [1.807, 2.05) is 43.4 Å². The zero-order chi connectivity index (χ0) is 13.7. The molecule has 0 fully saturated rings. The van der Waals surface area contributed by atoms with E-state index in [-0.39, 0.29) is 0 Å². The number of benzene rings is 1. The molecule has 0 amide bonds. The number of anilines is 1. The highest BCUT2D eigenvalue weighted by Crippen LogP contribution is 2.16. The largest absolute Gasteiger partial charge is 0.486 e. The lowest BCUT2D eigenvalue weighted by atomic mass is 10.1. The Balaban J connectivity index is 2.13. The van der Waals surface area contributed by atoms with Gasteiger partial charge in [-0.1, -0.05) is 32.0 Å². The number of para-hydroxylation sites is 1. The van der Waals surface area contributed by atoms with Crippen LogP contribution >= 0.6 is 0 Å². The fourth-order valence-corrected chi connectivity index (χ4v) is 1.67. The zero-order valence-corrected chi connectivity index (χ0v) is 11.6. The smallest absolute Gasteiger partial charge is 0.168 e. The SMILES string of the molecule is CNc1cc(C(C)C)nc(COc2ccccc2)n1. The van der Waals surface area contributed by atoms with Gasteiger partial charge in [-0.05, 0) is 18.1 Å². The minimum atomic E-state index is 0.366. The van der Waals surface area contributed by atoms with E-state index in [1.165, 1.54) is 0 Å². The number of ether oxygens (including phenoxy) is 1. The van der Waals surface area contributed by atoms with Gasteiger partial charge in [-0.15, -0.1) is 0 Å². The van der Waals surface area contributed by atoms with Crippen LogP contribution in [0.25, 0.3) is 0 Å². The molecular weight excluding hydrogens is 238 g/mol. The molecule has 0 saturated heterocycles. The summed E-state index contributed by atoms with van der Waals surface area (Å²) < 4.78 is 5.67. The Morgan fingerprint density at radius 3 is 2.53 bits per heavy atom. The molecular formula is C15H19N3O. The molecule has 2 aromatic rings. The highest BCUT2D eigenvalue weighted by molar-refractivity contribution is 5.36.